The molecule has 0 aliphatic heterocycles. The first-order valence-corrected chi connectivity index (χ1v) is 7.10. The summed E-state index contributed by atoms with van der Waals surface area (Å²) < 4.78 is 11.0. The first kappa shape index (κ1) is 16.6. The van der Waals surface area contributed by atoms with E-state index in [4.69, 9.17) is 26.8 Å². The van der Waals surface area contributed by atoms with Gasteiger partial charge in [0.1, 0.15) is 18.1 Å². The number of methoxy groups -OCH3 is 1. The lowest BCUT2D eigenvalue weighted by Crippen LogP contribution is -2.24. The molecular formula is C16H16ClN3O3. The topological polar surface area (TPSA) is 85.9 Å². The Balaban J connectivity index is 2.12. The molecule has 0 heterocycles. The van der Waals surface area contributed by atoms with Crippen molar-refractivity contribution in [1.29, 1.82) is 0 Å². The number of hydrogen-bond acceptors (Lipinski definition) is 4. The number of carbonyl (C=O) groups excluding carboxylic acids is 1. The van der Waals surface area contributed by atoms with Gasteiger partial charge in [-0.25, -0.2) is 10.2 Å². The number of primary amides is 1. The van der Waals surface area contributed by atoms with Crippen molar-refractivity contribution >= 4 is 23.8 Å². The summed E-state index contributed by atoms with van der Waals surface area (Å²) in [5.41, 5.74) is 8.65. The number of urea groups is 1. The summed E-state index contributed by atoms with van der Waals surface area (Å²) in [7, 11) is 1.61. The van der Waals surface area contributed by atoms with Crippen molar-refractivity contribution in [3.05, 3.63) is 58.6 Å². The maximum absolute atomic E-state index is 10.6. The number of amides is 2. The highest BCUT2D eigenvalue weighted by molar-refractivity contribution is 6.30. The fourth-order valence-corrected chi connectivity index (χ4v) is 2.02. The van der Waals surface area contributed by atoms with Gasteiger partial charge in [-0.05, 0) is 35.9 Å². The average Bonchev–Trinajstić information content (AvgIpc) is 2.54. The third kappa shape index (κ3) is 5.19. The number of benzene rings is 2. The zero-order valence-corrected chi connectivity index (χ0v) is 13.2. The maximum atomic E-state index is 10.6. The van der Waals surface area contributed by atoms with E-state index >= 15 is 0 Å². The minimum Gasteiger partial charge on any atom is -0.497 e. The van der Waals surface area contributed by atoms with Gasteiger partial charge in [-0.15, -0.1) is 0 Å². The van der Waals surface area contributed by atoms with Crippen LogP contribution in [0.3, 0.4) is 0 Å². The summed E-state index contributed by atoms with van der Waals surface area (Å²) in [5.74, 6) is 1.34. The minimum atomic E-state index is -0.748. The quantitative estimate of drug-likeness (QED) is 0.629. The summed E-state index contributed by atoms with van der Waals surface area (Å²) in [4.78, 5) is 10.6. The molecule has 0 aliphatic rings. The van der Waals surface area contributed by atoms with Crippen LogP contribution < -0.4 is 20.6 Å². The number of halogens is 1. The highest BCUT2D eigenvalue weighted by atomic mass is 35.5. The van der Waals surface area contributed by atoms with Crippen LogP contribution in [0.25, 0.3) is 0 Å². The minimum absolute atomic E-state index is 0.350. The number of ether oxygens (including phenoxy) is 2. The zero-order chi connectivity index (χ0) is 16.7. The van der Waals surface area contributed by atoms with Crippen LogP contribution in [-0.4, -0.2) is 19.4 Å². The molecule has 0 saturated heterocycles. The van der Waals surface area contributed by atoms with Crippen LogP contribution >= 0.6 is 11.6 Å². The maximum Gasteiger partial charge on any atom is 0.332 e. The Labute approximate surface area is 138 Å². The SMILES string of the molecule is COc1cccc(COc2ccc(Cl)cc2C=NNC(N)=O)c1. The standard InChI is InChI=1S/C16H16ClN3O3/c1-22-14-4-2-3-11(7-14)10-23-15-6-5-13(17)8-12(15)9-19-20-16(18)21/h2-9H,10H2,1H3,(H3,18,20,21). The lowest BCUT2D eigenvalue weighted by Gasteiger charge is -2.10. The van der Waals surface area contributed by atoms with Crippen molar-refractivity contribution in [2.45, 2.75) is 6.61 Å². The molecule has 2 rings (SSSR count). The van der Waals surface area contributed by atoms with Crippen LogP contribution in [0.4, 0.5) is 4.79 Å². The van der Waals surface area contributed by atoms with Gasteiger partial charge in [-0.2, -0.15) is 5.10 Å². The number of nitrogens with one attached hydrogen (secondary N) is 1. The van der Waals surface area contributed by atoms with Gasteiger partial charge in [0.25, 0.3) is 0 Å². The molecule has 120 valence electrons. The molecule has 7 heteroatoms. The van der Waals surface area contributed by atoms with E-state index in [0.717, 1.165) is 11.3 Å². The van der Waals surface area contributed by atoms with Crippen molar-refractivity contribution in [3.8, 4) is 11.5 Å². The zero-order valence-electron chi connectivity index (χ0n) is 12.5. The number of carbonyl (C=O) groups is 1. The summed E-state index contributed by atoms with van der Waals surface area (Å²) in [6, 6.07) is 11.9. The highest BCUT2D eigenvalue weighted by Gasteiger charge is 2.04. The predicted octanol–water partition coefficient (Wildman–Crippen LogP) is 2.93. The number of hydrazone groups is 1. The third-order valence-electron chi connectivity index (χ3n) is 2.88. The molecule has 2 aromatic carbocycles. The Bertz CT molecular complexity index is 719. The molecule has 2 amide bonds. The van der Waals surface area contributed by atoms with Crippen molar-refractivity contribution in [2.24, 2.45) is 10.8 Å². The van der Waals surface area contributed by atoms with E-state index in [9.17, 15) is 4.79 Å². The fraction of sp³-hybridized carbons (Fsp3) is 0.125. The van der Waals surface area contributed by atoms with Gasteiger partial charge >= 0.3 is 6.03 Å². The molecule has 0 spiro atoms. The molecule has 0 fully saturated rings. The van der Waals surface area contributed by atoms with Crippen LogP contribution in [0.1, 0.15) is 11.1 Å². The molecule has 0 unspecified atom stereocenters. The number of hydrogen-bond donors (Lipinski definition) is 2. The van der Waals surface area contributed by atoms with E-state index in [1.165, 1.54) is 6.21 Å². The molecular weight excluding hydrogens is 318 g/mol. The second-order valence-electron chi connectivity index (χ2n) is 4.56. The molecule has 0 radical (unpaired) electrons. The van der Waals surface area contributed by atoms with Crippen LogP contribution in [-0.2, 0) is 6.61 Å². The summed E-state index contributed by atoms with van der Waals surface area (Å²) in [5, 5.41) is 4.24. The van der Waals surface area contributed by atoms with Gasteiger partial charge in [0.15, 0.2) is 0 Å². The molecule has 2 aromatic rings. The van der Waals surface area contributed by atoms with Crippen molar-refractivity contribution in [3.63, 3.8) is 0 Å². The Hall–Kier alpha value is -2.73. The molecule has 0 aromatic heterocycles. The molecule has 0 saturated carbocycles. The van der Waals surface area contributed by atoms with E-state index < -0.39 is 6.03 Å². The average molecular weight is 334 g/mol. The predicted molar refractivity (Wildman–Crippen MR) is 89.1 cm³/mol. The summed E-state index contributed by atoms with van der Waals surface area (Å²) in [6.45, 7) is 0.350. The largest absolute Gasteiger partial charge is 0.497 e. The van der Waals surface area contributed by atoms with Crippen LogP contribution in [0.2, 0.25) is 5.02 Å². The van der Waals surface area contributed by atoms with Crippen molar-refractivity contribution in [1.82, 2.24) is 5.43 Å². The van der Waals surface area contributed by atoms with E-state index in [1.54, 1.807) is 25.3 Å². The first-order valence-electron chi connectivity index (χ1n) is 6.72. The van der Waals surface area contributed by atoms with Crippen molar-refractivity contribution < 1.29 is 14.3 Å². The van der Waals surface area contributed by atoms with Gasteiger partial charge in [0.2, 0.25) is 0 Å². The normalized spacial score (nSPS) is 10.5. The monoisotopic (exact) mass is 333 g/mol. The van der Waals surface area contributed by atoms with E-state index in [1.807, 2.05) is 24.3 Å². The summed E-state index contributed by atoms with van der Waals surface area (Å²) >= 11 is 5.97. The summed E-state index contributed by atoms with van der Waals surface area (Å²) in [6.07, 6.45) is 1.41. The molecule has 23 heavy (non-hydrogen) atoms. The van der Waals surface area contributed by atoms with Crippen LogP contribution in [0.15, 0.2) is 47.6 Å². The van der Waals surface area contributed by atoms with Crippen LogP contribution in [0, 0.1) is 0 Å². The Morgan fingerprint density at radius 3 is 2.91 bits per heavy atom. The van der Waals surface area contributed by atoms with Gasteiger partial charge in [0, 0.05) is 10.6 Å². The molecule has 3 N–H and O–H groups in total. The number of nitrogens with zero attached hydrogens (tertiary/aromatic N) is 1. The second-order valence-corrected chi connectivity index (χ2v) is 4.99. The first-order chi connectivity index (χ1) is 11.1. The lowest BCUT2D eigenvalue weighted by atomic mass is 10.2. The Morgan fingerprint density at radius 2 is 2.17 bits per heavy atom. The van der Waals surface area contributed by atoms with E-state index in [2.05, 4.69) is 10.5 Å². The van der Waals surface area contributed by atoms with Crippen molar-refractivity contribution in [2.75, 3.05) is 7.11 Å². The molecule has 0 aliphatic carbocycles. The Morgan fingerprint density at radius 1 is 1.35 bits per heavy atom. The van der Waals surface area contributed by atoms with Gasteiger partial charge in [-0.1, -0.05) is 23.7 Å². The third-order valence-corrected chi connectivity index (χ3v) is 3.11. The van der Waals surface area contributed by atoms with E-state index in [0.29, 0.717) is 22.9 Å². The molecule has 6 nitrogen and oxygen atoms in total. The smallest absolute Gasteiger partial charge is 0.332 e. The van der Waals surface area contributed by atoms with Gasteiger partial charge in [0.05, 0.1) is 13.3 Å². The van der Waals surface area contributed by atoms with E-state index in [-0.39, 0.29) is 0 Å². The van der Waals surface area contributed by atoms with Gasteiger partial charge in [-0.3, -0.25) is 0 Å². The number of rotatable bonds is 6. The van der Waals surface area contributed by atoms with Crippen LogP contribution in [0.5, 0.6) is 11.5 Å². The highest BCUT2D eigenvalue weighted by Crippen LogP contribution is 2.23. The van der Waals surface area contributed by atoms with Gasteiger partial charge < -0.3 is 15.2 Å². The fourth-order valence-electron chi connectivity index (χ4n) is 1.84. The molecule has 0 atom stereocenters. The second kappa shape index (κ2) is 8.05. The molecule has 0 bridgehead atoms. The number of nitrogens with two attached hydrogens (primary N) is 1. The lowest BCUT2D eigenvalue weighted by molar-refractivity contribution is 0.249. The Kier molecular flexibility index (Phi) is 5.82.